The molecule has 2 nitrogen and oxygen atoms in total. The Hall–Kier alpha value is -0.730. The summed E-state index contributed by atoms with van der Waals surface area (Å²) in [6.07, 6.45) is 1.40. The van der Waals surface area contributed by atoms with Crippen molar-refractivity contribution in [3.8, 4) is 5.75 Å². The number of halogens is 1. The smallest absolute Gasteiger partial charge is 0.122 e. The first kappa shape index (κ1) is 14.3. The first-order valence-corrected chi connectivity index (χ1v) is 6.52. The van der Waals surface area contributed by atoms with E-state index in [1.54, 1.807) is 12.1 Å². The van der Waals surface area contributed by atoms with Crippen LogP contribution in [0.15, 0.2) is 24.3 Å². The van der Waals surface area contributed by atoms with Crippen molar-refractivity contribution in [2.75, 3.05) is 0 Å². The van der Waals surface area contributed by atoms with Gasteiger partial charge in [-0.15, -0.1) is 0 Å². The molecular weight excluding hydrogens is 236 g/mol. The second-order valence-corrected chi connectivity index (χ2v) is 4.97. The van der Waals surface area contributed by atoms with Crippen LogP contribution < -0.4 is 4.74 Å². The highest BCUT2D eigenvalue weighted by atomic mass is 35.5. The van der Waals surface area contributed by atoms with Gasteiger partial charge < -0.3 is 9.84 Å². The Morgan fingerprint density at radius 2 is 2.06 bits per heavy atom. The summed E-state index contributed by atoms with van der Waals surface area (Å²) in [6.45, 7) is 6.05. The molecule has 0 heterocycles. The average Bonchev–Trinajstić information content (AvgIpc) is 2.28. The number of ether oxygens (including phenoxy) is 1. The van der Waals surface area contributed by atoms with Gasteiger partial charge in [-0.05, 0) is 37.5 Å². The summed E-state index contributed by atoms with van der Waals surface area (Å²) in [5.41, 5.74) is 0. The monoisotopic (exact) mass is 256 g/mol. The molecule has 17 heavy (non-hydrogen) atoms. The van der Waals surface area contributed by atoms with Gasteiger partial charge in [-0.2, -0.15) is 0 Å². The molecular formula is C14H21ClO2. The van der Waals surface area contributed by atoms with Crippen LogP contribution in [0.4, 0.5) is 0 Å². The van der Waals surface area contributed by atoms with Crippen molar-refractivity contribution in [2.45, 2.75) is 45.8 Å². The molecule has 3 atom stereocenters. The second-order valence-electron chi connectivity index (χ2n) is 4.54. The normalized spacial score (nSPS) is 16.3. The summed E-state index contributed by atoms with van der Waals surface area (Å²) in [6, 6.07) is 7.25. The topological polar surface area (TPSA) is 29.5 Å². The molecule has 0 bridgehead atoms. The van der Waals surface area contributed by atoms with Gasteiger partial charge in [0.2, 0.25) is 0 Å². The van der Waals surface area contributed by atoms with Crippen molar-refractivity contribution in [2.24, 2.45) is 5.92 Å². The zero-order valence-corrected chi connectivity index (χ0v) is 11.4. The molecule has 0 amide bonds. The number of benzene rings is 1. The Kier molecular flexibility index (Phi) is 5.79. The van der Waals surface area contributed by atoms with Gasteiger partial charge in [0.25, 0.3) is 0 Å². The van der Waals surface area contributed by atoms with E-state index in [1.807, 2.05) is 26.0 Å². The number of rotatable bonds is 6. The Morgan fingerprint density at radius 3 is 2.65 bits per heavy atom. The van der Waals surface area contributed by atoms with Crippen LogP contribution in [0.3, 0.4) is 0 Å². The van der Waals surface area contributed by atoms with E-state index in [9.17, 15) is 5.11 Å². The van der Waals surface area contributed by atoms with Crippen LogP contribution in [0.2, 0.25) is 5.02 Å². The van der Waals surface area contributed by atoms with E-state index in [4.69, 9.17) is 16.3 Å². The molecule has 0 aromatic heterocycles. The van der Waals surface area contributed by atoms with Crippen LogP contribution in [-0.4, -0.2) is 17.3 Å². The average molecular weight is 257 g/mol. The van der Waals surface area contributed by atoms with E-state index < -0.39 is 6.10 Å². The molecule has 0 saturated heterocycles. The molecule has 1 aromatic carbocycles. The van der Waals surface area contributed by atoms with E-state index in [-0.39, 0.29) is 12.0 Å². The molecule has 1 rings (SSSR count). The van der Waals surface area contributed by atoms with Crippen molar-refractivity contribution in [1.82, 2.24) is 0 Å². The molecule has 3 heteroatoms. The minimum Gasteiger partial charge on any atom is -0.488 e. The van der Waals surface area contributed by atoms with Crippen LogP contribution in [0.1, 0.15) is 33.6 Å². The maximum atomic E-state index is 10.1. The highest BCUT2D eigenvalue weighted by molar-refractivity contribution is 6.30. The lowest BCUT2D eigenvalue weighted by Gasteiger charge is -2.25. The first-order chi connectivity index (χ1) is 8.04. The van der Waals surface area contributed by atoms with Gasteiger partial charge >= 0.3 is 0 Å². The highest BCUT2D eigenvalue weighted by Gasteiger charge is 2.21. The van der Waals surface area contributed by atoms with Gasteiger partial charge in [0.1, 0.15) is 11.9 Å². The van der Waals surface area contributed by atoms with E-state index >= 15 is 0 Å². The van der Waals surface area contributed by atoms with Gasteiger partial charge in [-0.3, -0.25) is 0 Å². The van der Waals surface area contributed by atoms with Crippen molar-refractivity contribution in [3.05, 3.63) is 29.3 Å². The summed E-state index contributed by atoms with van der Waals surface area (Å²) < 4.78 is 5.69. The Balaban J connectivity index is 2.56. The fourth-order valence-corrected chi connectivity index (χ4v) is 2.09. The largest absolute Gasteiger partial charge is 0.488 e. The van der Waals surface area contributed by atoms with Crippen LogP contribution in [0.5, 0.6) is 5.75 Å². The number of hydrogen-bond acceptors (Lipinski definition) is 2. The third-order valence-corrected chi connectivity index (χ3v) is 3.16. The molecule has 1 N–H and O–H groups in total. The van der Waals surface area contributed by atoms with E-state index in [1.165, 1.54) is 0 Å². The number of hydrogen-bond donors (Lipinski definition) is 1. The molecule has 0 fully saturated rings. The maximum Gasteiger partial charge on any atom is 0.122 e. The minimum atomic E-state index is -0.450. The molecule has 0 aliphatic heterocycles. The van der Waals surface area contributed by atoms with E-state index in [0.717, 1.165) is 12.8 Å². The molecule has 0 spiro atoms. The fraction of sp³-hybridized carbons (Fsp3) is 0.571. The maximum absolute atomic E-state index is 10.1. The van der Waals surface area contributed by atoms with E-state index in [0.29, 0.717) is 10.8 Å². The van der Waals surface area contributed by atoms with Crippen molar-refractivity contribution in [1.29, 1.82) is 0 Å². The Morgan fingerprint density at radius 1 is 1.35 bits per heavy atom. The zero-order valence-electron chi connectivity index (χ0n) is 10.7. The Bertz CT molecular complexity index is 341. The predicted molar refractivity (Wildman–Crippen MR) is 71.6 cm³/mol. The molecule has 3 unspecified atom stereocenters. The molecule has 0 radical (unpaired) electrons. The Labute approximate surface area is 109 Å². The van der Waals surface area contributed by atoms with Crippen LogP contribution in [0, 0.1) is 5.92 Å². The van der Waals surface area contributed by atoms with Gasteiger partial charge in [-0.1, -0.05) is 37.9 Å². The van der Waals surface area contributed by atoms with Crippen molar-refractivity contribution < 1.29 is 9.84 Å². The molecule has 96 valence electrons. The summed E-state index contributed by atoms with van der Waals surface area (Å²) in [5, 5.41) is 10.7. The summed E-state index contributed by atoms with van der Waals surface area (Å²) in [5.74, 6) is 0.946. The number of aliphatic hydroxyl groups excluding tert-OH is 1. The van der Waals surface area contributed by atoms with Crippen LogP contribution >= 0.6 is 11.6 Å². The lowest BCUT2D eigenvalue weighted by molar-refractivity contribution is 0.00903. The predicted octanol–water partition coefficient (Wildman–Crippen LogP) is 3.90. The lowest BCUT2D eigenvalue weighted by Crippen LogP contribution is -2.34. The van der Waals surface area contributed by atoms with E-state index in [2.05, 4.69) is 6.92 Å². The summed E-state index contributed by atoms with van der Waals surface area (Å²) in [4.78, 5) is 0. The second kappa shape index (κ2) is 6.87. The van der Waals surface area contributed by atoms with Gasteiger partial charge in [0.15, 0.2) is 0 Å². The standard InChI is InChI=1S/C14H21ClO2/c1-4-6-10(2)14(16)11(3)17-13-8-5-7-12(15)9-13/h5,7-11,14,16H,4,6H2,1-3H3. The molecule has 0 saturated carbocycles. The highest BCUT2D eigenvalue weighted by Crippen LogP contribution is 2.21. The van der Waals surface area contributed by atoms with Crippen molar-refractivity contribution >= 4 is 11.6 Å². The molecule has 1 aromatic rings. The third-order valence-electron chi connectivity index (χ3n) is 2.93. The molecule has 0 aliphatic rings. The van der Waals surface area contributed by atoms with Gasteiger partial charge in [-0.25, -0.2) is 0 Å². The van der Waals surface area contributed by atoms with Gasteiger partial charge in [0.05, 0.1) is 6.10 Å². The van der Waals surface area contributed by atoms with Crippen LogP contribution in [-0.2, 0) is 0 Å². The minimum absolute atomic E-state index is 0.227. The third kappa shape index (κ3) is 4.57. The quantitative estimate of drug-likeness (QED) is 0.836. The summed E-state index contributed by atoms with van der Waals surface area (Å²) >= 11 is 5.88. The van der Waals surface area contributed by atoms with Crippen molar-refractivity contribution in [3.63, 3.8) is 0 Å². The first-order valence-electron chi connectivity index (χ1n) is 6.15. The fourth-order valence-electron chi connectivity index (χ4n) is 1.91. The lowest BCUT2D eigenvalue weighted by atomic mass is 9.96. The molecule has 0 aliphatic carbocycles. The SMILES string of the molecule is CCCC(C)C(O)C(C)Oc1cccc(Cl)c1. The van der Waals surface area contributed by atoms with Gasteiger partial charge in [0, 0.05) is 5.02 Å². The van der Waals surface area contributed by atoms with Crippen LogP contribution in [0.25, 0.3) is 0 Å². The number of aliphatic hydroxyl groups is 1. The zero-order chi connectivity index (χ0) is 12.8. The summed E-state index contributed by atoms with van der Waals surface area (Å²) in [7, 11) is 0.